The maximum absolute atomic E-state index is 12.4. The van der Waals surface area contributed by atoms with Crippen molar-refractivity contribution in [1.29, 1.82) is 0 Å². The second-order valence-corrected chi connectivity index (χ2v) is 6.24. The lowest BCUT2D eigenvalue weighted by Crippen LogP contribution is -2.30. The minimum atomic E-state index is -0.282. The molecule has 140 valence electrons. The number of likely N-dealkylation sites (N-methyl/N-ethyl adjacent to an activating group) is 1. The summed E-state index contributed by atoms with van der Waals surface area (Å²) < 4.78 is 6.95. The van der Waals surface area contributed by atoms with Crippen molar-refractivity contribution in [1.82, 2.24) is 24.6 Å². The van der Waals surface area contributed by atoms with E-state index >= 15 is 0 Å². The highest BCUT2D eigenvalue weighted by molar-refractivity contribution is 5.78. The van der Waals surface area contributed by atoms with Crippen LogP contribution in [0.5, 0.6) is 5.75 Å². The van der Waals surface area contributed by atoms with Crippen molar-refractivity contribution in [2.24, 2.45) is 0 Å². The molecular weight excluding hydrogens is 346 g/mol. The van der Waals surface area contributed by atoms with Crippen molar-refractivity contribution in [2.45, 2.75) is 19.9 Å². The molecule has 0 aliphatic rings. The van der Waals surface area contributed by atoms with Crippen LogP contribution in [0, 0.1) is 6.92 Å². The van der Waals surface area contributed by atoms with E-state index in [1.807, 2.05) is 30.5 Å². The summed E-state index contributed by atoms with van der Waals surface area (Å²) in [6.07, 6.45) is 5.02. The summed E-state index contributed by atoms with van der Waals surface area (Å²) in [6.45, 7) is 2.08. The average molecular weight is 367 g/mol. The Kier molecular flexibility index (Phi) is 5.35. The average Bonchev–Trinajstić information content (AvgIpc) is 3.12. The molecule has 0 spiro atoms. The van der Waals surface area contributed by atoms with Gasteiger partial charge in [0.25, 0.3) is 5.56 Å². The number of amides is 1. The number of hydrogen-bond acceptors (Lipinski definition) is 5. The number of ether oxygens (including phenoxy) is 1. The van der Waals surface area contributed by atoms with E-state index in [1.54, 1.807) is 36.9 Å². The largest absolute Gasteiger partial charge is 0.497 e. The van der Waals surface area contributed by atoms with Crippen molar-refractivity contribution in [3.05, 3.63) is 70.2 Å². The zero-order valence-corrected chi connectivity index (χ0v) is 15.5. The summed E-state index contributed by atoms with van der Waals surface area (Å²) in [5, 5.41) is 4.34. The predicted molar refractivity (Wildman–Crippen MR) is 99.9 cm³/mol. The highest BCUT2D eigenvalue weighted by Crippen LogP contribution is 2.16. The van der Waals surface area contributed by atoms with Gasteiger partial charge in [-0.1, -0.05) is 6.07 Å². The van der Waals surface area contributed by atoms with Crippen molar-refractivity contribution in [3.8, 4) is 11.4 Å². The van der Waals surface area contributed by atoms with Crippen LogP contribution in [0.2, 0.25) is 0 Å². The van der Waals surface area contributed by atoms with Crippen LogP contribution in [0.25, 0.3) is 5.69 Å². The van der Waals surface area contributed by atoms with Crippen molar-refractivity contribution in [3.63, 3.8) is 0 Å². The predicted octanol–water partition coefficient (Wildman–Crippen LogP) is 1.47. The molecule has 1 aromatic carbocycles. The number of aromatic amines is 1. The number of H-pyrrole nitrogens is 1. The van der Waals surface area contributed by atoms with E-state index in [9.17, 15) is 9.59 Å². The number of carbonyl (C=O) groups is 1. The quantitative estimate of drug-likeness (QED) is 0.712. The fourth-order valence-corrected chi connectivity index (χ4v) is 2.63. The van der Waals surface area contributed by atoms with Crippen LogP contribution in [0.4, 0.5) is 0 Å². The summed E-state index contributed by atoms with van der Waals surface area (Å²) in [5.41, 5.74) is 1.82. The lowest BCUT2D eigenvalue weighted by molar-refractivity contribution is -0.129. The molecule has 0 radical (unpaired) electrons. The van der Waals surface area contributed by atoms with Crippen LogP contribution in [0.15, 0.2) is 47.7 Å². The molecule has 0 saturated carbocycles. The number of methoxy groups -OCH3 is 1. The van der Waals surface area contributed by atoms with Crippen LogP contribution >= 0.6 is 0 Å². The van der Waals surface area contributed by atoms with Gasteiger partial charge in [0, 0.05) is 43.2 Å². The van der Waals surface area contributed by atoms with Gasteiger partial charge in [-0.05, 0) is 19.1 Å². The van der Waals surface area contributed by atoms with Gasteiger partial charge in [0.2, 0.25) is 5.91 Å². The Morgan fingerprint density at radius 3 is 2.89 bits per heavy atom. The number of hydrogen-bond donors (Lipinski definition) is 1. The second kappa shape index (κ2) is 7.86. The summed E-state index contributed by atoms with van der Waals surface area (Å²) in [5.74, 6) is 1.10. The fraction of sp³-hybridized carbons (Fsp3) is 0.263. The topological polar surface area (TPSA) is 93.1 Å². The number of carbonyl (C=O) groups excluding carboxylic acids is 1. The highest BCUT2D eigenvalue weighted by atomic mass is 16.5. The van der Waals surface area contributed by atoms with Crippen LogP contribution < -0.4 is 10.3 Å². The van der Waals surface area contributed by atoms with Crippen molar-refractivity contribution < 1.29 is 9.53 Å². The molecule has 0 aliphatic heterocycles. The zero-order chi connectivity index (χ0) is 19.4. The maximum atomic E-state index is 12.4. The highest BCUT2D eigenvalue weighted by Gasteiger charge is 2.14. The summed E-state index contributed by atoms with van der Waals surface area (Å²) in [6, 6.07) is 7.55. The standard InChI is InChI=1S/C19H21N5O3/c1-13-20-10-15(19(26)22-13)7-18(25)23(2)11-14-9-21-24(12-14)16-5-4-6-17(8-16)27-3/h4-6,8-10,12H,7,11H2,1-3H3,(H,20,22,26). The Balaban J connectivity index is 1.67. The molecule has 0 saturated heterocycles. The van der Waals surface area contributed by atoms with E-state index in [0.717, 1.165) is 17.0 Å². The molecule has 0 bridgehead atoms. The number of rotatable bonds is 6. The van der Waals surface area contributed by atoms with Gasteiger partial charge in [0.15, 0.2) is 0 Å². The van der Waals surface area contributed by atoms with Gasteiger partial charge in [-0.15, -0.1) is 0 Å². The van der Waals surface area contributed by atoms with Gasteiger partial charge >= 0.3 is 0 Å². The molecule has 0 fully saturated rings. The third-order valence-corrected chi connectivity index (χ3v) is 4.14. The lowest BCUT2D eigenvalue weighted by Gasteiger charge is -2.15. The molecule has 0 aliphatic carbocycles. The Labute approximate surface area is 156 Å². The summed E-state index contributed by atoms with van der Waals surface area (Å²) in [7, 11) is 3.31. The number of nitrogens with zero attached hydrogens (tertiary/aromatic N) is 4. The molecule has 8 heteroatoms. The van der Waals surface area contributed by atoms with Gasteiger partial charge in [0.1, 0.15) is 11.6 Å². The van der Waals surface area contributed by atoms with Gasteiger partial charge in [-0.2, -0.15) is 5.10 Å². The van der Waals surface area contributed by atoms with E-state index in [1.165, 1.54) is 6.20 Å². The Morgan fingerprint density at radius 2 is 2.15 bits per heavy atom. The lowest BCUT2D eigenvalue weighted by atomic mass is 10.2. The van der Waals surface area contributed by atoms with E-state index in [4.69, 9.17) is 4.74 Å². The normalized spacial score (nSPS) is 10.6. The first-order valence-electron chi connectivity index (χ1n) is 8.43. The molecule has 0 atom stereocenters. The summed E-state index contributed by atoms with van der Waals surface area (Å²) >= 11 is 0. The summed E-state index contributed by atoms with van der Waals surface area (Å²) in [4.78, 5) is 32.5. The van der Waals surface area contributed by atoms with E-state index in [0.29, 0.717) is 17.9 Å². The first kappa shape index (κ1) is 18.4. The van der Waals surface area contributed by atoms with Crippen molar-refractivity contribution >= 4 is 5.91 Å². The SMILES string of the molecule is COc1cccc(-n2cc(CN(C)C(=O)Cc3cnc(C)[nH]c3=O)cn2)c1. The van der Waals surface area contributed by atoms with E-state index in [2.05, 4.69) is 15.1 Å². The van der Waals surface area contributed by atoms with Crippen LogP contribution in [0.1, 0.15) is 17.0 Å². The minimum absolute atomic E-state index is 0.00311. The number of benzene rings is 1. The molecule has 27 heavy (non-hydrogen) atoms. The van der Waals surface area contributed by atoms with Gasteiger partial charge in [-0.3, -0.25) is 9.59 Å². The van der Waals surface area contributed by atoms with Gasteiger partial charge in [-0.25, -0.2) is 9.67 Å². The van der Waals surface area contributed by atoms with E-state index in [-0.39, 0.29) is 17.9 Å². The van der Waals surface area contributed by atoms with Gasteiger partial charge < -0.3 is 14.6 Å². The molecule has 2 heterocycles. The first-order chi connectivity index (χ1) is 13.0. The van der Waals surface area contributed by atoms with E-state index < -0.39 is 0 Å². The zero-order valence-electron chi connectivity index (χ0n) is 15.5. The second-order valence-electron chi connectivity index (χ2n) is 6.24. The molecule has 0 unspecified atom stereocenters. The monoisotopic (exact) mass is 367 g/mol. The number of aryl methyl sites for hydroxylation is 1. The Morgan fingerprint density at radius 1 is 1.33 bits per heavy atom. The molecule has 1 N–H and O–H groups in total. The maximum Gasteiger partial charge on any atom is 0.254 e. The first-order valence-corrected chi connectivity index (χ1v) is 8.43. The smallest absolute Gasteiger partial charge is 0.254 e. The third kappa shape index (κ3) is 4.41. The third-order valence-electron chi connectivity index (χ3n) is 4.14. The molecule has 2 aromatic heterocycles. The number of nitrogens with one attached hydrogen (secondary N) is 1. The number of aromatic nitrogens is 4. The Bertz CT molecular complexity index is 1010. The fourth-order valence-electron chi connectivity index (χ4n) is 2.63. The van der Waals surface area contributed by atoms with Crippen LogP contribution in [-0.2, 0) is 17.8 Å². The molecule has 3 rings (SSSR count). The Hall–Kier alpha value is -3.42. The molecule has 3 aromatic rings. The molecule has 8 nitrogen and oxygen atoms in total. The van der Waals surface area contributed by atoms with Crippen LogP contribution in [0.3, 0.4) is 0 Å². The van der Waals surface area contributed by atoms with Crippen molar-refractivity contribution in [2.75, 3.05) is 14.2 Å². The van der Waals surface area contributed by atoms with Gasteiger partial charge in [0.05, 0.1) is 25.4 Å². The molecule has 1 amide bonds. The van der Waals surface area contributed by atoms with Crippen LogP contribution in [-0.4, -0.2) is 44.7 Å². The minimum Gasteiger partial charge on any atom is -0.497 e. The molecular formula is C19H21N5O3.